The fourth-order valence-electron chi connectivity index (χ4n) is 4.30. The summed E-state index contributed by atoms with van der Waals surface area (Å²) in [6.45, 7) is 1.73. The molecule has 0 unspecified atom stereocenters. The maximum Gasteiger partial charge on any atom is 0.300 e. The third kappa shape index (κ3) is 5.95. The summed E-state index contributed by atoms with van der Waals surface area (Å²) in [5.74, 6) is -0.684. The highest BCUT2D eigenvalue weighted by atomic mass is 32.2. The molecule has 1 saturated heterocycles. The summed E-state index contributed by atoms with van der Waals surface area (Å²) >= 11 is 0. The number of likely N-dealkylation sites (tertiary alicyclic amines) is 1. The number of amides is 1. The Balaban J connectivity index is 1.57. The number of β-amino-alcohol motifs (C(OH)–C–C–N with tert-alkyl or cyclic N) is 1. The van der Waals surface area contributed by atoms with Crippen molar-refractivity contribution < 1.29 is 32.0 Å². The molecule has 0 bridgehead atoms. The maximum atomic E-state index is 13.4. The molecule has 0 radical (unpaired) electrons. The summed E-state index contributed by atoms with van der Waals surface area (Å²) in [6.07, 6.45) is 2.06. The molecule has 10 heteroatoms. The summed E-state index contributed by atoms with van der Waals surface area (Å²) in [6, 6.07) is 13.9. The topological polar surface area (TPSA) is 121 Å². The zero-order chi connectivity index (χ0) is 24.3. The van der Waals surface area contributed by atoms with Gasteiger partial charge in [0.15, 0.2) is 0 Å². The predicted molar refractivity (Wildman–Crippen MR) is 126 cm³/mol. The van der Waals surface area contributed by atoms with Crippen LogP contribution in [0.25, 0.3) is 11.0 Å². The van der Waals surface area contributed by atoms with E-state index in [1.54, 1.807) is 36.4 Å². The lowest BCUT2D eigenvalue weighted by Gasteiger charge is -2.32. The zero-order valence-corrected chi connectivity index (χ0v) is 19.6. The van der Waals surface area contributed by atoms with E-state index >= 15 is 0 Å². The number of nitrogens with zero attached hydrogens (tertiary/aromatic N) is 2. The average Bonchev–Trinajstić information content (AvgIpc) is 3.44. The molecular formula is C24H28N2O7S. The number of aliphatic hydroxyl groups excluding tert-OH is 1. The van der Waals surface area contributed by atoms with Gasteiger partial charge in [-0.05, 0) is 41.8 Å². The Kier molecular flexibility index (Phi) is 7.22. The van der Waals surface area contributed by atoms with Crippen LogP contribution in [0, 0.1) is 0 Å². The Labute approximate surface area is 198 Å². The molecule has 1 aliphatic heterocycles. The molecule has 0 saturated carbocycles. The highest BCUT2D eigenvalue weighted by Crippen LogP contribution is 2.28. The number of likely N-dealkylation sites (N-methyl/N-ethyl adjacent to an activating group) is 1. The Morgan fingerprint density at radius 3 is 2.79 bits per heavy atom. The van der Waals surface area contributed by atoms with Gasteiger partial charge in [-0.2, -0.15) is 8.42 Å². The van der Waals surface area contributed by atoms with E-state index in [4.69, 9.17) is 13.7 Å². The molecule has 9 nitrogen and oxygen atoms in total. The predicted octanol–water partition coefficient (Wildman–Crippen LogP) is 2.47. The van der Waals surface area contributed by atoms with E-state index in [0.29, 0.717) is 26.1 Å². The standard InChI is InChI=1S/C24H28N2O7S/c1-25(24(28)13-17-4-3-7-23-21(17)9-11-32-23)22(15-26-10-8-19(27)14-26)18-5-2-6-20(12-18)33-16-34(29,30)31/h2-7,9,11-12,19,22,27H,8,10,13-16H2,1H3,(H,29,30,31)/t19-,22+/m0/s1. The first-order valence-electron chi connectivity index (χ1n) is 11.0. The maximum absolute atomic E-state index is 13.4. The number of hydrogen-bond donors (Lipinski definition) is 2. The van der Waals surface area contributed by atoms with Crippen molar-refractivity contribution in [3.63, 3.8) is 0 Å². The van der Waals surface area contributed by atoms with Gasteiger partial charge >= 0.3 is 10.1 Å². The minimum absolute atomic E-state index is 0.0947. The first kappa shape index (κ1) is 24.2. The largest absolute Gasteiger partial charge is 0.475 e. The Bertz CT molecular complexity index is 1260. The smallest absolute Gasteiger partial charge is 0.300 e. The quantitative estimate of drug-likeness (QED) is 0.441. The molecule has 1 amide bonds. The molecule has 34 heavy (non-hydrogen) atoms. The monoisotopic (exact) mass is 488 g/mol. The van der Waals surface area contributed by atoms with Gasteiger partial charge in [0.2, 0.25) is 11.8 Å². The van der Waals surface area contributed by atoms with Crippen molar-refractivity contribution in [2.75, 3.05) is 32.6 Å². The zero-order valence-electron chi connectivity index (χ0n) is 18.8. The van der Waals surface area contributed by atoms with Gasteiger partial charge in [0.25, 0.3) is 0 Å². The van der Waals surface area contributed by atoms with E-state index < -0.39 is 22.2 Å². The van der Waals surface area contributed by atoms with Gasteiger partial charge in [-0.25, -0.2) is 0 Å². The van der Waals surface area contributed by atoms with Crippen molar-refractivity contribution in [3.8, 4) is 5.75 Å². The van der Waals surface area contributed by atoms with E-state index in [2.05, 4.69) is 4.90 Å². The number of fused-ring (bicyclic) bond motifs is 1. The number of carbonyl (C=O) groups is 1. The summed E-state index contributed by atoms with van der Waals surface area (Å²) in [5, 5.41) is 10.9. The number of aliphatic hydroxyl groups is 1. The van der Waals surface area contributed by atoms with Gasteiger partial charge in [0.05, 0.1) is 24.8 Å². The molecule has 2 aromatic carbocycles. The molecule has 3 aromatic rings. The second kappa shape index (κ2) is 10.1. The van der Waals surface area contributed by atoms with Crippen molar-refractivity contribution in [3.05, 3.63) is 65.9 Å². The van der Waals surface area contributed by atoms with Crippen LogP contribution < -0.4 is 4.74 Å². The van der Waals surface area contributed by atoms with E-state index in [1.807, 2.05) is 30.3 Å². The SMILES string of the molecule is CN(C(=O)Cc1cccc2occc12)[C@H](CN1CC[C@H](O)C1)c1cccc(OCS(=O)(=O)O)c1. The van der Waals surface area contributed by atoms with Crippen LogP contribution in [0.3, 0.4) is 0 Å². The average molecular weight is 489 g/mol. The van der Waals surface area contributed by atoms with Crippen LogP contribution >= 0.6 is 0 Å². The molecule has 2 N–H and O–H groups in total. The summed E-state index contributed by atoms with van der Waals surface area (Å²) < 4.78 is 41.8. The molecule has 1 aliphatic rings. The normalized spacial score (nSPS) is 17.7. The van der Waals surface area contributed by atoms with Crippen molar-refractivity contribution in [2.45, 2.75) is 25.0 Å². The summed E-state index contributed by atoms with van der Waals surface area (Å²) in [7, 11) is -2.55. The molecule has 0 spiro atoms. The second-order valence-electron chi connectivity index (χ2n) is 8.57. The Morgan fingerprint density at radius 2 is 2.06 bits per heavy atom. The fraction of sp³-hybridized carbons (Fsp3) is 0.375. The lowest BCUT2D eigenvalue weighted by atomic mass is 10.0. The number of ether oxygens (including phenoxy) is 1. The molecule has 2 heterocycles. The lowest BCUT2D eigenvalue weighted by Crippen LogP contribution is -2.39. The highest BCUT2D eigenvalue weighted by Gasteiger charge is 2.28. The van der Waals surface area contributed by atoms with Crippen molar-refractivity contribution in [2.24, 2.45) is 0 Å². The first-order valence-corrected chi connectivity index (χ1v) is 12.6. The summed E-state index contributed by atoms with van der Waals surface area (Å²) in [5.41, 5.74) is 2.34. The van der Waals surface area contributed by atoms with Crippen molar-refractivity contribution in [1.29, 1.82) is 0 Å². The molecule has 1 fully saturated rings. The van der Waals surface area contributed by atoms with Gasteiger partial charge in [-0.1, -0.05) is 24.3 Å². The van der Waals surface area contributed by atoms with Gasteiger partial charge in [-0.3, -0.25) is 14.2 Å². The molecule has 2 atom stereocenters. The van der Waals surface area contributed by atoms with E-state index in [1.165, 1.54) is 0 Å². The minimum Gasteiger partial charge on any atom is -0.475 e. The lowest BCUT2D eigenvalue weighted by molar-refractivity contribution is -0.131. The minimum atomic E-state index is -4.29. The Hall–Kier alpha value is -2.92. The second-order valence-corrected chi connectivity index (χ2v) is 9.96. The highest BCUT2D eigenvalue weighted by molar-refractivity contribution is 7.85. The van der Waals surface area contributed by atoms with Crippen LogP contribution in [-0.4, -0.2) is 72.5 Å². The van der Waals surface area contributed by atoms with Crippen LogP contribution in [0.2, 0.25) is 0 Å². The van der Waals surface area contributed by atoms with E-state index in [9.17, 15) is 18.3 Å². The molecule has 0 aliphatic carbocycles. The van der Waals surface area contributed by atoms with Crippen LogP contribution in [0.5, 0.6) is 5.75 Å². The first-order chi connectivity index (χ1) is 16.2. The molecule has 182 valence electrons. The van der Waals surface area contributed by atoms with Crippen LogP contribution in [-0.2, 0) is 21.3 Å². The van der Waals surface area contributed by atoms with E-state index in [-0.39, 0.29) is 24.1 Å². The van der Waals surface area contributed by atoms with Gasteiger partial charge < -0.3 is 19.2 Å². The van der Waals surface area contributed by atoms with Gasteiger partial charge in [0, 0.05) is 32.1 Å². The van der Waals surface area contributed by atoms with Crippen molar-refractivity contribution in [1.82, 2.24) is 9.80 Å². The molecule has 1 aromatic heterocycles. The van der Waals surface area contributed by atoms with Gasteiger partial charge in [-0.15, -0.1) is 0 Å². The number of carbonyl (C=O) groups excluding carboxylic acids is 1. The van der Waals surface area contributed by atoms with Crippen LogP contribution in [0.4, 0.5) is 0 Å². The molecular weight excluding hydrogens is 460 g/mol. The van der Waals surface area contributed by atoms with Crippen molar-refractivity contribution >= 4 is 27.0 Å². The fourth-order valence-corrected chi connectivity index (χ4v) is 4.59. The summed E-state index contributed by atoms with van der Waals surface area (Å²) in [4.78, 5) is 17.1. The number of rotatable bonds is 9. The van der Waals surface area contributed by atoms with Gasteiger partial charge in [0.1, 0.15) is 11.3 Å². The third-order valence-electron chi connectivity index (χ3n) is 6.08. The third-order valence-corrected chi connectivity index (χ3v) is 6.50. The van der Waals surface area contributed by atoms with Crippen LogP contribution in [0.1, 0.15) is 23.6 Å². The number of furan rings is 1. The Morgan fingerprint density at radius 1 is 1.26 bits per heavy atom. The number of hydrogen-bond acceptors (Lipinski definition) is 7. The number of benzene rings is 2. The van der Waals surface area contributed by atoms with Crippen LogP contribution in [0.15, 0.2) is 59.2 Å². The molecule has 4 rings (SSSR count). The van der Waals surface area contributed by atoms with E-state index in [0.717, 1.165) is 22.1 Å².